The number of nitrogens with one attached hydrogen (secondary N) is 1. The molecule has 118 valence electrons. The molecule has 2 aromatic heterocycles. The molecule has 23 heavy (non-hydrogen) atoms. The van der Waals surface area contributed by atoms with Crippen LogP contribution in [0.4, 0.5) is 4.39 Å². The number of aromatic nitrogens is 2. The minimum Gasteiger partial charge on any atom is -0.344 e. The molecule has 1 aromatic carbocycles. The second-order valence-electron chi connectivity index (χ2n) is 5.36. The molecule has 0 saturated heterocycles. The summed E-state index contributed by atoms with van der Waals surface area (Å²) in [5.74, 6) is 0.593. The van der Waals surface area contributed by atoms with Crippen LogP contribution in [-0.2, 0) is 6.54 Å². The van der Waals surface area contributed by atoms with E-state index in [1.54, 1.807) is 12.1 Å². The number of halogens is 2. The van der Waals surface area contributed by atoms with Gasteiger partial charge >= 0.3 is 0 Å². The summed E-state index contributed by atoms with van der Waals surface area (Å²) >= 11 is 7.31. The molecule has 0 aliphatic heterocycles. The largest absolute Gasteiger partial charge is 0.344 e. The first-order chi connectivity index (χ1) is 11.1. The SMILES string of the molecule is O=C(NCc1noc(C2CC2)n1)c1sc2cccc(F)c2c1Cl. The molecule has 0 unspecified atom stereocenters. The Bertz CT molecular complexity index is 903. The third-order valence-corrected chi connectivity index (χ3v) is 5.27. The molecule has 0 bridgehead atoms. The van der Waals surface area contributed by atoms with Crippen molar-refractivity contribution in [3.63, 3.8) is 0 Å². The summed E-state index contributed by atoms with van der Waals surface area (Å²) in [5.41, 5.74) is 0. The van der Waals surface area contributed by atoms with E-state index in [2.05, 4.69) is 15.5 Å². The second-order valence-corrected chi connectivity index (χ2v) is 6.79. The highest BCUT2D eigenvalue weighted by atomic mass is 35.5. The van der Waals surface area contributed by atoms with E-state index < -0.39 is 5.82 Å². The van der Waals surface area contributed by atoms with Crippen LogP contribution in [0.5, 0.6) is 0 Å². The standard InChI is InChI=1S/C15H11ClFN3O2S/c16-12-11-8(17)2-1-3-9(11)23-13(12)14(21)18-6-10-19-15(22-20-10)7-4-5-7/h1-3,7H,4-6H2,(H,18,21). The van der Waals surface area contributed by atoms with E-state index in [1.807, 2.05) is 0 Å². The lowest BCUT2D eigenvalue weighted by Gasteiger charge is -2.00. The van der Waals surface area contributed by atoms with Gasteiger partial charge in [-0.25, -0.2) is 4.39 Å². The topological polar surface area (TPSA) is 68.0 Å². The third-order valence-electron chi connectivity index (χ3n) is 3.63. The van der Waals surface area contributed by atoms with E-state index in [4.69, 9.17) is 16.1 Å². The van der Waals surface area contributed by atoms with Gasteiger partial charge in [0.1, 0.15) is 10.7 Å². The molecule has 4 rings (SSSR count). The summed E-state index contributed by atoms with van der Waals surface area (Å²) in [6.45, 7) is 0.141. The number of hydrogen-bond donors (Lipinski definition) is 1. The number of benzene rings is 1. The maximum atomic E-state index is 13.8. The van der Waals surface area contributed by atoms with Gasteiger partial charge < -0.3 is 9.84 Å². The molecule has 0 spiro atoms. The van der Waals surface area contributed by atoms with Crippen molar-refractivity contribution in [1.82, 2.24) is 15.5 Å². The number of thiophene rings is 1. The van der Waals surface area contributed by atoms with E-state index in [0.717, 1.165) is 24.2 Å². The number of hydrogen-bond acceptors (Lipinski definition) is 5. The van der Waals surface area contributed by atoms with Crippen molar-refractivity contribution in [2.24, 2.45) is 0 Å². The molecule has 0 atom stereocenters. The molecular formula is C15H11ClFN3O2S. The Hall–Kier alpha value is -1.99. The van der Waals surface area contributed by atoms with Crippen LogP contribution in [0.3, 0.4) is 0 Å². The predicted molar refractivity (Wildman–Crippen MR) is 84.2 cm³/mol. The maximum Gasteiger partial charge on any atom is 0.263 e. The minimum atomic E-state index is -0.435. The summed E-state index contributed by atoms with van der Waals surface area (Å²) in [4.78, 5) is 16.8. The van der Waals surface area contributed by atoms with Crippen LogP contribution in [0.1, 0.15) is 40.1 Å². The number of carbonyl (C=O) groups is 1. The lowest BCUT2D eigenvalue weighted by atomic mass is 10.2. The van der Waals surface area contributed by atoms with Crippen molar-refractivity contribution in [3.8, 4) is 0 Å². The molecule has 1 amide bonds. The van der Waals surface area contributed by atoms with Crippen LogP contribution in [-0.4, -0.2) is 16.0 Å². The van der Waals surface area contributed by atoms with Crippen molar-refractivity contribution in [1.29, 1.82) is 0 Å². The van der Waals surface area contributed by atoms with E-state index >= 15 is 0 Å². The van der Waals surface area contributed by atoms with Gasteiger partial charge in [-0.15, -0.1) is 11.3 Å². The van der Waals surface area contributed by atoms with E-state index in [9.17, 15) is 9.18 Å². The van der Waals surface area contributed by atoms with Crippen molar-refractivity contribution >= 4 is 38.9 Å². The Kier molecular flexibility index (Phi) is 3.54. The van der Waals surface area contributed by atoms with Gasteiger partial charge in [-0.1, -0.05) is 22.8 Å². The van der Waals surface area contributed by atoms with Crippen LogP contribution < -0.4 is 5.32 Å². The fourth-order valence-electron chi connectivity index (χ4n) is 2.29. The Labute approximate surface area is 139 Å². The average Bonchev–Trinajstić information content (AvgIpc) is 3.18. The highest BCUT2D eigenvalue weighted by Gasteiger charge is 2.29. The number of amides is 1. The zero-order chi connectivity index (χ0) is 16.0. The maximum absolute atomic E-state index is 13.8. The first-order valence-corrected chi connectivity index (χ1v) is 8.30. The Morgan fingerprint density at radius 2 is 2.30 bits per heavy atom. The zero-order valence-corrected chi connectivity index (χ0v) is 13.4. The Morgan fingerprint density at radius 3 is 3.04 bits per heavy atom. The summed E-state index contributed by atoms with van der Waals surface area (Å²) < 4.78 is 19.6. The van der Waals surface area contributed by atoms with Gasteiger partial charge in [-0.2, -0.15) is 4.98 Å². The van der Waals surface area contributed by atoms with Crippen molar-refractivity contribution in [2.75, 3.05) is 0 Å². The van der Waals surface area contributed by atoms with Gasteiger partial charge in [-0.05, 0) is 25.0 Å². The van der Waals surface area contributed by atoms with E-state index in [1.165, 1.54) is 6.07 Å². The van der Waals surface area contributed by atoms with Gasteiger partial charge in [0.25, 0.3) is 5.91 Å². The average molecular weight is 352 g/mol. The molecule has 1 fully saturated rings. The lowest BCUT2D eigenvalue weighted by molar-refractivity contribution is 0.0954. The number of rotatable bonds is 4. The van der Waals surface area contributed by atoms with Gasteiger partial charge in [0, 0.05) is 16.0 Å². The van der Waals surface area contributed by atoms with Crippen LogP contribution in [0, 0.1) is 5.82 Å². The van der Waals surface area contributed by atoms with Crippen LogP contribution in [0.2, 0.25) is 5.02 Å². The first-order valence-electron chi connectivity index (χ1n) is 7.10. The summed E-state index contributed by atoms with van der Waals surface area (Å²) in [5, 5.41) is 6.93. The fraction of sp³-hybridized carbons (Fsp3) is 0.267. The fourth-order valence-corrected chi connectivity index (χ4v) is 3.77. The number of nitrogens with zero attached hydrogens (tertiary/aromatic N) is 2. The van der Waals surface area contributed by atoms with Gasteiger partial charge in [0.15, 0.2) is 5.82 Å². The smallest absolute Gasteiger partial charge is 0.263 e. The monoisotopic (exact) mass is 351 g/mol. The molecule has 1 N–H and O–H groups in total. The normalized spacial score (nSPS) is 14.3. The Balaban J connectivity index is 1.52. The van der Waals surface area contributed by atoms with Gasteiger partial charge in [0.2, 0.25) is 5.89 Å². The van der Waals surface area contributed by atoms with Crippen molar-refractivity contribution in [2.45, 2.75) is 25.3 Å². The highest BCUT2D eigenvalue weighted by Crippen LogP contribution is 2.39. The lowest BCUT2D eigenvalue weighted by Crippen LogP contribution is -2.22. The van der Waals surface area contributed by atoms with E-state index in [-0.39, 0.29) is 27.7 Å². The van der Waals surface area contributed by atoms with Gasteiger partial charge in [-0.3, -0.25) is 4.79 Å². The molecular weight excluding hydrogens is 341 g/mol. The van der Waals surface area contributed by atoms with Gasteiger partial charge in [0.05, 0.1) is 11.6 Å². The summed E-state index contributed by atoms with van der Waals surface area (Å²) in [6.07, 6.45) is 2.13. The molecule has 1 aliphatic carbocycles. The third kappa shape index (κ3) is 2.70. The quantitative estimate of drug-likeness (QED) is 0.774. The van der Waals surface area contributed by atoms with Crippen LogP contribution in [0.25, 0.3) is 10.1 Å². The zero-order valence-electron chi connectivity index (χ0n) is 11.8. The first kappa shape index (κ1) is 14.6. The van der Waals surface area contributed by atoms with Crippen LogP contribution >= 0.6 is 22.9 Å². The summed E-state index contributed by atoms with van der Waals surface area (Å²) in [7, 11) is 0. The molecule has 2 heterocycles. The summed E-state index contributed by atoms with van der Waals surface area (Å²) in [6, 6.07) is 4.64. The van der Waals surface area contributed by atoms with E-state index in [0.29, 0.717) is 22.3 Å². The molecule has 0 radical (unpaired) electrons. The molecule has 3 aromatic rings. The Morgan fingerprint density at radius 1 is 1.48 bits per heavy atom. The predicted octanol–water partition coefficient (Wildman–Crippen LogP) is 3.88. The number of fused-ring (bicyclic) bond motifs is 1. The van der Waals surface area contributed by atoms with Crippen molar-refractivity contribution < 1.29 is 13.7 Å². The molecule has 5 nitrogen and oxygen atoms in total. The molecule has 8 heteroatoms. The number of carbonyl (C=O) groups excluding carboxylic acids is 1. The second kappa shape index (κ2) is 5.58. The molecule has 1 saturated carbocycles. The van der Waals surface area contributed by atoms with Crippen LogP contribution in [0.15, 0.2) is 22.7 Å². The molecule has 1 aliphatic rings. The highest BCUT2D eigenvalue weighted by molar-refractivity contribution is 7.21. The minimum absolute atomic E-state index is 0.132. The van der Waals surface area contributed by atoms with Crippen molar-refractivity contribution in [3.05, 3.63) is 45.6 Å².